The molecule has 0 saturated heterocycles. The molecule has 0 saturated carbocycles. The second kappa shape index (κ2) is 10.6. The summed E-state index contributed by atoms with van der Waals surface area (Å²) in [6.45, 7) is 4.67. The van der Waals surface area contributed by atoms with Gasteiger partial charge in [0.05, 0.1) is 0 Å². The average Bonchev–Trinajstić information content (AvgIpc) is 3.61. The first-order valence-corrected chi connectivity index (χ1v) is 16.3. The van der Waals surface area contributed by atoms with E-state index in [2.05, 4.69) is 176 Å². The van der Waals surface area contributed by atoms with Crippen molar-refractivity contribution in [2.45, 2.75) is 19.3 Å². The molecule has 1 aliphatic carbocycles. The molecule has 8 aromatic rings. The van der Waals surface area contributed by atoms with Crippen molar-refractivity contribution in [2.75, 3.05) is 4.90 Å². The molecule has 2 nitrogen and oxygen atoms in total. The number of para-hydroxylation sites is 1. The first-order valence-electron chi connectivity index (χ1n) is 16.3. The molecule has 1 aliphatic rings. The minimum atomic E-state index is -0.247. The Hall–Kier alpha value is -5.86. The van der Waals surface area contributed by atoms with Crippen molar-refractivity contribution in [3.05, 3.63) is 175 Å². The van der Waals surface area contributed by atoms with Crippen molar-refractivity contribution in [1.29, 1.82) is 0 Å². The van der Waals surface area contributed by atoms with Gasteiger partial charge in [-0.1, -0.05) is 129 Å². The zero-order chi connectivity index (χ0) is 31.5. The van der Waals surface area contributed by atoms with Crippen LogP contribution in [-0.2, 0) is 5.41 Å². The molecule has 1 aromatic heterocycles. The summed E-state index contributed by atoms with van der Waals surface area (Å²) in [4.78, 5) is 2.39. The Morgan fingerprint density at radius 3 is 1.81 bits per heavy atom. The third-order valence-electron chi connectivity index (χ3n) is 9.84. The standard InChI is InChI=1S/C45H33NO/c1-45(2)41-29-36(24-25-37(41)39-26-27-40-38-18-9-10-19-42(38)47-44(40)43(39)45)46(34-22-20-32(21-23-34)30-12-5-3-6-13-30)35-17-11-16-33(28-35)31-14-7-4-8-15-31/h3-29H,1-2H3. The van der Waals surface area contributed by atoms with Gasteiger partial charge in [0.2, 0.25) is 0 Å². The van der Waals surface area contributed by atoms with Gasteiger partial charge in [-0.2, -0.15) is 0 Å². The van der Waals surface area contributed by atoms with Gasteiger partial charge in [-0.05, 0) is 87.5 Å². The van der Waals surface area contributed by atoms with Gasteiger partial charge in [0.15, 0.2) is 0 Å². The number of fused-ring (bicyclic) bond motifs is 7. The summed E-state index contributed by atoms with van der Waals surface area (Å²) in [5.74, 6) is 0. The Morgan fingerprint density at radius 1 is 0.447 bits per heavy atom. The maximum absolute atomic E-state index is 6.57. The molecular formula is C45H33NO. The maximum Gasteiger partial charge on any atom is 0.140 e. The van der Waals surface area contributed by atoms with E-state index in [1.807, 2.05) is 6.07 Å². The summed E-state index contributed by atoms with van der Waals surface area (Å²) in [6.07, 6.45) is 0. The van der Waals surface area contributed by atoms with Crippen molar-refractivity contribution in [1.82, 2.24) is 0 Å². The normalized spacial score (nSPS) is 13.1. The number of hydrogen-bond donors (Lipinski definition) is 0. The van der Waals surface area contributed by atoms with Crippen LogP contribution in [0.2, 0.25) is 0 Å². The molecule has 1 heterocycles. The molecular weight excluding hydrogens is 571 g/mol. The zero-order valence-electron chi connectivity index (χ0n) is 26.4. The van der Waals surface area contributed by atoms with E-state index in [0.717, 1.165) is 28.2 Å². The molecule has 0 aliphatic heterocycles. The lowest BCUT2D eigenvalue weighted by atomic mass is 9.81. The van der Waals surface area contributed by atoms with Crippen LogP contribution in [0.25, 0.3) is 55.3 Å². The van der Waals surface area contributed by atoms with E-state index >= 15 is 0 Å². The third kappa shape index (κ3) is 4.40. The molecule has 47 heavy (non-hydrogen) atoms. The molecule has 0 bridgehead atoms. The average molecular weight is 604 g/mol. The first-order chi connectivity index (χ1) is 23.1. The molecule has 9 rings (SSSR count). The summed E-state index contributed by atoms with van der Waals surface area (Å²) >= 11 is 0. The van der Waals surface area contributed by atoms with Gasteiger partial charge in [-0.25, -0.2) is 0 Å². The van der Waals surface area contributed by atoms with Crippen LogP contribution in [0.5, 0.6) is 0 Å². The second-order valence-electron chi connectivity index (χ2n) is 13.0. The molecule has 0 fully saturated rings. The third-order valence-corrected chi connectivity index (χ3v) is 9.84. The predicted octanol–water partition coefficient (Wildman–Crippen LogP) is 12.7. The monoisotopic (exact) mass is 603 g/mol. The minimum Gasteiger partial charge on any atom is -0.456 e. The zero-order valence-corrected chi connectivity index (χ0v) is 26.4. The summed E-state index contributed by atoms with van der Waals surface area (Å²) in [5, 5.41) is 2.35. The molecule has 224 valence electrons. The van der Waals surface area contributed by atoms with E-state index < -0.39 is 0 Å². The first kappa shape index (κ1) is 27.5. The van der Waals surface area contributed by atoms with Crippen LogP contribution in [0.15, 0.2) is 168 Å². The quantitative estimate of drug-likeness (QED) is 0.195. The molecule has 0 unspecified atom stereocenters. The fourth-order valence-corrected chi connectivity index (χ4v) is 7.53. The SMILES string of the molecule is CC1(C)c2cc(N(c3ccc(-c4ccccc4)cc3)c3cccc(-c4ccccc4)c3)ccc2-c2ccc3c(oc4ccccc43)c21. The maximum atomic E-state index is 6.57. The number of furan rings is 1. The van der Waals surface area contributed by atoms with Gasteiger partial charge in [0.25, 0.3) is 0 Å². The topological polar surface area (TPSA) is 16.4 Å². The summed E-state index contributed by atoms with van der Waals surface area (Å²) in [5.41, 5.74) is 15.0. The number of hydrogen-bond acceptors (Lipinski definition) is 2. The smallest absolute Gasteiger partial charge is 0.140 e. The van der Waals surface area contributed by atoms with Gasteiger partial charge in [-0.15, -0.1) is 0 Å². The fourth-order valence-electron chi connectivity index (χ4n) is 7.53. The van der Waals surface area contributed by atoms with E-state index in [1.54, 1.807) is 0 Å². The number of anilines is 3. The van der Waals surface area contributed by atoms with E-state index in [4.69, 9.17) is 4.42 Å². The van der Waals surface area contributed by atoms with Crippen LogP contribution in [0.3, 0.4) is 0 Å². The van der Waals surface area contributed by atoms with Gasteiger partial charge < -0.3 is 9.32 Å². The highest BCUT2D eigenvalue weighted by Gasteiger charge is 2.39. The summed E-state index contributed by atoms with van der Waals surface area (Å²) in [6, 6.07) is 58.8. The minimum absolute atomic E-state index is 0.247. The van der Waals surface area contributed by atoms with Crippen molar-refractivity contribution in [3.63, 3.8) is 0 Å². The Labute approximate surface area is 275 Å². The van der Waals surface area contributed by atoms with Crippen molar-refractivity contribution >= 4 is 39.0 Å². The van der Waals surface area contributed by atoms with Crippen LogP contribution < -0.4 is 4.90 Å². The van der Waals surface area contributed by atoms with E-state index in [9.17, 15) is 0 Å². The highest BCUT2D eigenvalue weighted by atomic mass is 16.3. The molecule has 0 atom stereocenters. The highest BCUT2D eigenvalue weighted by Crippen LogP contribution is 2.54. The van der Waals surface area contributed by atoms with Crippen LogP contribution in [0.1, 0.15) is 25.0 Å². The van der Waals surface area contributed by atoms with E-state index in [-0.39, 0.29) is 5.41 Å². The summed E-state index contributed by atoms with van der Waals surface area (Å²) < 4.78 is 6.57. The van der Waals surface area contributed by atoms with Gasteiger partial charge in [0, 0.05) is 38.8 Å². The van der Waals surface area contributed by atoms with Crippen molar-refractivity contribution in [3.8, 4) is 33.4 Å². The van der Waals surface area contributed by atoms with Crippen LogP contribution in [0, 0.1) is 0 Å². The largest absolute Gasteiger partial charge is 0.456 e. The molecule has 0 spiro atoms. The predicted molar refractivity (Wildman–Crippen MR) is 197 cm³/mol. The lowest BCUT2D eigenvalue weighted by molar-refractivity contribution is 0.620. The number of benzene rings is 7. The van der Waals surface area contributed by atoms with Crippen molar-refractivity contribution in [2.24, 2.45) is 0 Å². The van der Waals surface area contributed by atoms with Crippen LogP contribution in [0.4, 0.5) is 17.1 Å². The Balaban J connectivity index is 1.20. The molecule has 0 N–H and O–H groups in total. The fraction of sp³-hybridized carbons (Fsp3) is 0.0667. The molecule has 7 aromatic carbocycles. The Bertz CT molecular complexity index is 2420. The molecule has 0 radical (unpaired) electrons. The Kier molecular flexibility index (Phi) is 6.20. The number of nitrogens with zero attached hydrogens (tertiary/aromatic N) is 1. The summed E-state index contributed by atoms with van der Waals surface area (Å²) in [7, 11) is 0. The van der Waals surface area contributed by atoms with Gasteiger partial charge in [0.1, 0.15) is 11.2 Å². The van der Waals surface area contributed by atoms with Crippen LogP contribution in [-0.4, -0.2) is 0 Å². The molecule has 0 amide bonds. The van der Waals surface area contributed by atoms with Gasteiger partial charge >= 0.3 is 0 Å². The second-order valence-corrected chi connectivity index (χ2v) is 13.0. The van der Waals surface area contributed by atoms with Crippen molar-refractivity contribution < 1.29 is 4.42 Å². The lowest BCUT2D eigenvalue weighted by Crippen LogP contribution is -2.17. The van der Waals surface area contributed by atoms with E-state index in [1.165, 1.54) is 55.3 Å². The van der Waals surface area contributed by atoms with Crippen LogP contribution >= 0.6 is 0 Å². The number of rotatable bonds is 5. The highest BCUT2D eigenvalue weighted by molar-refractivity contribution is 6.09. The molecule has 2 heteroatoms. The lowest BCUT2D eigenvalue weighted by Gasteiger charge is -2.28. The van der Waals surface area contributed by atoms with Gasteiger partial charge in [-0.3, -0.25) is 0 Å². The van der Waals surface area contributed by atoms with E-state index in [0.29, 0.717) is 0 Å². The Morgan fingerprint density at radius 2 is 1.04 bits per heavy atom.